The fourth-order valence-electron chi connectivity index (χ4n) is 3.05. The van der Waals surface area contributed by atoms with Crippen molar-refractivity contribution in [3.63, 3.8) is 0 Å². The second-order valence-corrected chi connectivity index (χ2v) is 6.32. The number of carbonyl (C=O) groups is 1. The molecule has 0 saturated carbocycles. The number of nitrogens with one attached hydrogen (secondary N) is 1. The van der Waals surface area contributed by atoms with Gasteiger partial charge in [0.2, 0.25) is 0 Å². The van der Waals surface area contributed by atoms with Crippen molar-refractivity contribution >= 4 is 17.3 Å². The third kappa shape index (κ3) is 3.50. The quantitative estimate of drug-likeness (QED) is 0.677. The van der Waals surface area contributed by atoms with Crippen LogP contribution >= 0.6 is 0 Å². The minimum Gasteiger partial charge on any atom is -0.427 e. The number of nitro groups is 1. The molecule has 2 aliphatic rings. The molecule has 1 N–H and O–H groups in total. The number of amides is 1. The standard InChI is InChI=1S/C17H21N3O4/c1-12-8-10-19(11-9-12)14-5-3-2-4-13(14)18-17(21)15-6-7-16(24-15)20(22)23/h2-5,7,12,15H,6,8-11H2,1H3,(H,18,21). The first-order chi connectivity index (χ1) is 11.5. The molecule has 1 unspecified atom stereocenters. The van der Waals surface area contributed by atoms with Gasteiger partial charge in [-0.25, -0.2) is 0 Å². The van der Waals surface area contributed by atoms with Gasteiger partial charge >= 0.3 is 5.88 Å². The average molecular weight is 331 g/mol. The Morgan fingerprint density at radius 1 is 1.33 bits per heavy atom. The van der Waals surface area contributed by atoms with E-state index < -0.39 is 11.0 Å². The van der Waals surface area contributed by atoms with Crippen molar-refractivity contribution in [3.8, 4) is 0 Å². The number of benzene rings is 1. The number of rotatable bonds is 4. The predicted molar refractivity (Wildman–Crippen MR) is 90.3 cm³/mol. The van der Waals surface area contributed by atoms with Gasteiger partial charge in [-0.05, 0) is 30.9 Å². The molecule has 128 valence electrons. The summed E-state index contributed by atoms with van der Waals surface area (Å²) in [5, 5.41) is 13.5. The smallest absolute Gasteiger partial charge is 0.424 e. The van der Waals surface area contributed by atoms with Crippen molar-refractivity contribution in [3.05, 3.63) is 46.3 Å². The highest BCUT2D eigenvalue weighted by atomic mass is 16.7. The second-order valence-electron chi connectivity index (χ2n) is 6.32. The van der Waals surface area contributed by atoms with Crippen molar-refractivity contribution in [2.45, 2.75) is 32.3 Å². The van der Waals surface area contributed by atoms with Crippen molar-refractivity contribution in [2.75, 3.05) is 23.3 Å². The van der Waals surface area contributed by atoms with Gasteiger partial charge in [0.25, 0.3) is 5.91 Å². The van der Waals surface area contributed by atoms with Crippen LogP contribution in [0, 0.1) is 16.0 Å². The first-order valence-corrected chi connectivity index (χ1v) is 8.20. The summed E-state index contributed by atoms with van der Waals surface area (Å²) in [5.74, 6) is 0.0101. The van der Waals surface area contributed by atoms with Crippen molar-refractivity contribution in [1.29, 1.82) is 0 Å². The highest BCUT2D eigenvalue weighted by Crippen LogP contribution is 2.30. The zero-order valence-electron chi connectivity index (χ0n) is 13.6. The van der Waals surface area contributed by atoms with Crippen molar-refractivity contribution < 1.29 is 14.5 Å². The van der Waals surface area contributed by atoms with Crippen molar-refractivity contribution in [2.24, 2.45) is 5.92 Å². The molecule has 1 atom stereocenters. The molecule has 0 spiro atoms. The Morgan fingerprint density at radius 2 is 2.04 bits per heavy atom. The summed E-state index contributed by atoms with van der Waals surface area (Å²) in [4.78, 5) is 24.7. The fraction of sp³-hybridized carbons (Fsp3) is 0.471. The number of anilines is 2. The number of carbonyl (C=O) groups excluding carboxylic acids is 1. The molecule has 1 amide bonds. The van der Waals surface area contributed by atoms with E-state index in [2.05, 4.69) is 17.1 Å². The molecule has 3 rings (SSSR count). The summed E-state index contributed by atoms with van der Waals surface area (Å²) in [5.41, 5.74) is 1.70. The summed E-state index contributed by atoms with van der Waals surface area (Å²) in [6.45, 7) is 4.17. The van der Waals surface area contributed by atoms with Gasteiger partial charge in [-0.2, -0.15) is 0 Å². The molecule has 2 heterocycles. The number of para-hydroxylation sites is 2. The minimum absolute atomic E-state index is 0.214. The number of hydrogen-bond acceptors (Lipinski definition) is 5. The highest BCUT2D eigenvalue weighted by molar-refractivity contribution is 5.97. The second kappa shape index (κ2) is 6.90. The molecule has 1 fully saturated rings. The number of piperidine rings is 1. The molecule has 0 bridgehead atoms. The van der Waals surface area contributed by atoms with Crippen LogP contribution in [0.15, 0.2) is 36.2 Å². The normalized spacial score (nSPS) is 21.1. The molecule has 1 saturated heterocycles. The molecule has 7 heteroatoms. The molecular weight excluding hydrogens is 310 g/mol. The predicted octanol–water partition coefficient (Wildman–Crippen LogP) is 2.77. The Morgan fingerprint density at radius 3 is 2.71 bits per heavy atom. The Kier molecular flexibility index (Phi) is 4.69. The van der Waals surface area contributed by atoms with Gasteiger partial charge < -0.3 is 15.0 Å². The van der Waals surface area contributed by atoms with Crippen LogP contribution in [0.2, 0.25) is 0 Å². The van der Waals surface area contributed by atoms with E-state index in [0.717, 1.165) is 43.2 Å². The number of hydrogen-bond donors (Lipinski definition) is 1. The first kappa shape index (κ1) is 16.3. The first-order valence-electron chi connectivity index (χ1n) is 8.20. The van der Waals surface area contributed by atoms with E-state index in [4.69, 9.17) is 4.74 Å². The van der Waals surface area contributed by atoms with Crippen LogP contribution in [0.25, 0.3) is 0 Å². The van der Waals surface area contributed by atoms with E-state index in [1.165, 1.54) is 6.08 Å². The van der Waals surface area contributed by atoms with Crippen LogP contribution in [-0.2, 0) is 9.53 Å². The Labute approximate surface area is 140 Å². The van der Waals surface area contributed by atoms with Gasteiger partial charge in [-0.15, -0.1) is 0 Å². The van der Waals surface area contributed by atoms with Gasteiger partial charge in [-0.3, -0.25) is 14.9 Å². The zero-order valence-corrected chi connectivity index (χ0v) is 13.6. The van der Waals surface area contributed by atoms with Gasteiger partial charge in [0.05, 0.1) is 11.4 Å². The molecule has 0 aliphatic carbocycles. The van der Waals surface area contributed by atoms with Crippen LogP contribution in [0.4, 0.5) is 11.4 Å². The lowest BCUT2D eigenvalue weighted by atomic mass is 9.98. The Hall–Kier alpha value is -2.57. The molecule has 0 aromatic heterocycles. The maximum Gasteiger partial charge on any atom is 0.424 e. The van der Waals surface area contributed by atoms with Crippen LogP contribution in [0.3, 0.4) is 0 Å². The number of nitrogens with zero attached hydrogens (tertiary/aromatic N) is 2. The van der Waals surface area contributed by atoms with Gasteiger partial charge in [0.1, 0.15) is 4.92 Å². The lowest BCUT2D eigenvalue weighted by molar-refractivity contribution is -0.462. The van der Waals surface area contributed by atoms with Crippen molar-refractivity contribution in [1.82, 2.24) is 0 Å². The Balaban J connectivity index is 1.67. The fourth-order valence-corrected chi connectivity index (χ4v) is 3.05. The van der Waals surface area contributed by atoms with Crippen LogP contribution in [0.5, 0.6) is 0 Å². The summed E-state index contributed by atoms with van der Waals surface area (Å²) >= 11 is 0. The third-order valence-electron chi connectivity index (χ3n) is 4.53. The molecule has 2 aliphatic heterocycles. The summed E-state index contributed by atoms with van der Waals surface area (Å²) in [7, 11) is 0. The van der Waals surface area contributed by atoms with Crippen LogP contribution < -0.4 is 10.2 Å². The zero-order chi connectivity index (χ0) is 17.1. The van der Waals surface area contributed by atoms with E-state index in [1.807, 2.05) is 24.3 Å². The van der Waals surface area contributed by atoms with E-state index in [0.29, 0.717) is 0 Å². The Bertz CT molecular complexity index is 666. The molecule has 1 aromatic carbocycles. The van der Waals surface area contributed by atoms with Gasteiger partial charge in [-0.1, -0.05) is 19.1 Å². The summed E-state index contributed by atoms with van der Waals surface area (Å²) in [6, 6.07) is 7.65. The van der Waals surface area contributed by atoms with Gasteiger partial charge in [0.15, 0.2) is 6.10 Å². The molecule has 24 heavy (non-hydrogen) atoms. The van der Waals surface area contributed by atoms with E-state index >= 15 is 0 Å². The van der Waals surface area contributed by atoms with Crippen LogP contribution in [0.1, 0.15) is 26.2 Å². The topological polar surface area (TPSA) is 84.7 Å². The molecule has 7 nitrogen and oxygen atoms in total. The average Bonchev–Trinajstić information content (AvgIpc) is 3.07. The molecular formula is C17H21N3O4. The highest BCUT2D eigenvalue weighted by Gasteiger charge is 2.32. The van der Waals surface area contributed by atoms with E-state index in [9.17, 15) is 14.9 Å². The lowest BCUT2D eigenvalue weighted by Gasteiger charge is -2.33. The van der Waals surface area contributed by atoms with Crippen LogP contribution in [-0.4, -0.2) is 30.0 Å². The lowest BCUT2D eigenvalue weighted by Crippen LogP contribution is -2.34. The SMILES string of the molecule is CC1CCN(c2ccccc2NC(=O)C2CC=C([N+](=O)[O-])O2)CC1. The van der Waals surface area contributed by atoms with E-state index in [-0.39, 0.29) is 18.2 Å². The minimum atomic E-state index is -0.847. The monoisotopic (exact) mass is 331 g/mol. The van der Waals surface area contributed by atoms with E-state index in [1.54, 1.807) is 0 Å². The third-order valence-corrected chi connectivity index (χ3v) is 4.53. The summed E-state index contributed by atoms with van der Waals surface area (Å²) in [6.07, 6.45) is 2.96. The largest absolute Gasteiger partial charge is 0.427 e. The van der Waals surface area contributed by atoms with Gasteiger partial charge in [0, 0.05) is 25.6 Å². The number of ether oxygens (including phenoxy) is 1. The maximum atomic E-state index is 12.4. The molecule has 0 radical (unpaired) electrons. The summed E-state index contributed by atoms with van der Waals surface area (Å²) < 4.78 is 5.09. The maximum absolute atomic E-state index is 12.4. The molecule has 1 aromatic rings.